The highest BCUT2D eigenvalue weighted by atomic mass is 16.7. The molecule has 5 nitrogen and oxygen atoms in total. The molecule has 2 aliphatic heterocycles. The molecule has 0 aliphatic carbocycles. The molecule has 20 heavy (non-hydrogen) atoms. The first-order valence-electron chi connectivity index (χ1n) is 7.04. The Balaban J connectivity index is 1.83. The number of ether oxygens (including phenoxy) is 2. The van der Waals surface area contributed by atoms with Crippen LogP contribution in [0.1, 0.15) is 28.8 Å². The number of piperidine rings is 1. The van der Waals surface area contributed by atoms with E-state index in [-0.39, 0.29) is 5.91 Å². The summed E-state index contributed by atoms with van der Waals surface area (Å²) in [5.41, 5.74) is 8.00. The molecule has 2 saturated heterocycles. The first kappa shape index (κ1) is 13.4. The summed E-state index contributed by atoms with van der Waals surface area (Å²) in [5.74, 6) is -0.621. The second-order valence-corrected chi connectivity index (χ2v) is 5.48. The van der Waals surface area contributed by atoms with Crippen LogP contribution in [-0.2, 0) is 9.47 Å². The van der Waals surface area contributed by atoms with Crippen molar-refractivity contribution in [2.75, 3.05) is 32.0 Å². The van der Waals surface area contributed by atoms with Crippen LogP contribution in [0.5, 0.6) is 0 Å². The lowest BCUT2D eigenvalue weighted by molar-refractivity contribution is -0.183. The van der Waals surface area contributed by atoms with Crippen molar-refractivity contribution in [2.45, 2.75) is 25.6 Å². The Labute approximate surface area is 118 Å². The number of rotatable bonds is 1. The molecule has 3 rings (SSSR count). The summed E-state index contributed by atoms with van der Waals surface area (Å²) >= 11 is 0. The molecular weight excluding hydrogens is 256 g/mol. The molecule has 2 heterocycles. The SMILES string of the molecule is Cc1cccc(N)c1C(=O)N1CCCC2(C1)OCCO2. The second kappa shape index (κ2) is 5.07. The van der Waals surface area contributed by atoms with E-state index in [9.17, 15) is 4.79 Å². The summed E-state index contributed by atoms with van der Waals surface area (Å²) in [4.78, 5) is 14.5. The molecule has 2 aliphatic rings. The molecular formula is C15H20N2O3. The van der Waals surface area contributed by atoms with Gasteiger partial charge in [0.2, 0.25) is 0 Å². The Hall–Kier alpha value is -1.59. The van der Waals surface area contributed by atoms with Gasteiger partial charge in [-0.15, -0.1) is 0 Å². The highest BCUT2D eigenvalue weighted by Gasteiger charge is 2.42. The van der Waals surface area contributed by atoms with Gasteiger partial charge in [-0.1, -0.05) is 12.1 Å². The van der Waals surface area contributed by atoms with Crippen molar-refractivity contribution in [3.63, 3.8) is 0 Å². The van der Waals surface area contributed by atoms with Crippen molar-refractivity contribution in [1.82, 2.24) is 4.90 Å². The van der Waals surface area contributed by atoms with Gasteiger partial charge in [0.1, 0.15) is 0 Å². The zero-order valence-corrected chi connectivity index (χ0v) is 11.7. The normalized spacial score (nSPS) is 21.4. The van der Waals surface area contributed by atoms with Crippen LogP contribution in [0.4, 0.5) is 5.69 Å². The maximum Gasteiger partial charge on any atom is 0.256 e. The second-order valence-electron chi connectivity index (χ2n) is 5.48. The van der Waals surface area contributed by atoms with Crippen LogP contribution in [-0.4, -0.2) is 42.9 Å². The van der Waals surface area contributed by atoms with Crippen LogP contribution in [0.3, 0.4) is 0 Å². The zero-order chi connectivity index (χ0) is 14.2. The molecule has 0 unspecified atom stereocenters. The summed E-state index contributed by atoms with van der Waals surface area (Å²) in [7, 11) is 0. The van der Waals surface area contributed by atoms with E-state index < -0.39 is 5.79 Å². The third-order valence-electron chi connectivity index (χ3n) is 4.04. The number of likely N-dealkylation sites (tertiary alicyclic amines) is 1. The van der Waals surface area contributed by atoms with E-state index in [1.54, 1.807) is 11.0 Å². The molecule has 1 aromatic rings. The van der Waals surface area contributed by atoms with Crippen LogP contribution in [0.25, 0.3) is 0 Å². The quantitative estimate of drug-likeness (QED) is 0.791. The smallest absolute Gasteiger partial charge is 0.256 e. The minimum absolute atomic E-state index is 0.0289. The largest absolute Gasteiger partial charge is 0.398 e. The summed E-state index contributed by atoms with van der Waals surface area (Å²) in [6.07, 6.45) is 1.73. The van der Waals surface area contributed by atoms with Crippen molar-refractivity contribution >= 4 is 11.6 Å². The Kier molecular flexibility index (Phi) is 3.40. The Morgan fingerprint density at radius 3 is 2.80 bits per heavy atom. The lowest BCUT2D eigenvalue weighted by Gasteiger charge is -2.38. The molecule has 0 radical (unpaired) electrons. The molecule has 1 spiro atoms. The van der Waals surface area contributed by atoms with Gasteiger partial charge in [0.25, 0.3) is 5.91 Å². The molecule has 1 amide bonds. The van der Waals surface area contributed by atoms with Crippen molar-refractivity contribution < 1.29 is 14.3 Å². The summed E-state index contributed by atoms with van der Waals surface area (Å²) < 4.78 is 11.4. The maximum absolute atomic E-state index is 12.7. The minimum atomic E-state index is -0.592. The fourth-order valence-corrected chi connectivity index (χ4v) is 3.03. The maximum atomic E-state index is 12.7. The van der Waals surface area contributed by atoms with Crippen molar-refractivity contribution in [3.05, 3.63) is 29.3 Å². The van der Waals surface area contributed by atoms with E-state index in [0.29, 0.717) is 31.0 Å². The molecule has 0 bridgehead atoms. The highest BCUT2D eigenvalue weighted by molar-refractivity contribution is 6.00. The predicted molar refractivity (Wildman–Crippen MR) is 75.4 cm³/mol. The number of nitrogen functional groups attached to an aromatic ring is 1. The number of nitrogens with zero attached hydrogens (tertiary/aromatic N) is 1. The first-order chi connectivity index (χ1) is 9.61. The Morgan fingerprint density at radius 1 is 1.35 bits per heavy atom. The van der Waals surface area contributed by atoms with E-state index in [1.165, 1.54) is 0 Å². The van der Waals surface area contributed by atoms with Gasteiger partial charge >= 0.3 is 0 Å². The van der Waals surface area contributed by atoms with E-state index in [0.717, 1.165) is 24.9 Å². The van der Waals surface area contributed by atoms with E-state index in [1.807, 2.05) is 19.1 Å². The standard InChI is InChI=1S/C15H20N2O3/c1-11-4-2-5-12(16)13(11)14(18)17-7-3-6-15(10-17)19-8-9-20-15/h2,4-5H,3,6-10,16H2,1H3. The van der Waals surface area contributed by atoms with Crippen molar-refractivity contribution in [1.29, 1.82) is 0 Å². The average molecular weight is 276 g/mol. The number of anilines is 1. The third kappa shape index (κ3) is 2.27. The lowest BCUT2D eigenvalue weighted by Crippen LogP contribution is -2.51. The van der Waals surface area contributed by atoms with Gasteiger partial charge in [-0.2, -0.15) is 0 Å². The van der Waals surface area contributed by atoms with Crippen LogP contribution in [0.15, 0.2) is 18.2 Å². The average Bonchev–Trinajstić information content (AvgIpc) is 2.86. The van der Waals surface area contributed by atoms with Crippen molar-refractivity contribution in [3.8, 4) is 0 Å². The monoisotopic (exact) mass is 276 g/mol. The molecule has 108 valence electrons. The fourth-order valence-electron chi connectivity index (χ4n) is 3.03. The van der Waals surface area contributed by atoms with Crippen LogP contribution in [0.2, 0.25) is 0 Å². The number of amides is 1. The predicted octanol–water partition coefficient (Wildman–Crippen LogP) is 1.56. The first-order valence-corrected chi connectivity index (χ1v) is 7.04. The molecule has 5 heteroatoms. The molecule has 0 atom stereocenters. The molecule has 2 N–H and O–H groups in total. The van der Waals surface area contributed by atoms with E-state index >= 15 is 0 Å². The van der Waals surface area contributed by atoms with Gasteiger partial charge < -0.3 is 20.1 Å². The van der Waals surface area contributed by atoms with E-state index in [2.05, 4.69) is 0 Å². The summed E-state index contributed by atoms with van der Waals surface area (Å²) in [5, 5.41) is 0. The van der Waals surface area contributed by atoms with Gasteiger partial charge in [0.15, 0.2) is 5.79 Å². The number of hydrogen-bond acceptors (Lipinski definition) is 4. The zero-order valence-electron chi connectivity index (χ0n) is 11.7. The van der Waals surface area contributed by atoms with Gasteiger partial charge in [0.05, 0.1) is 25.3 Å². The van der Waals surface area contributed by atoms with Crippen molar-refractivity contribution in [2.24, 2.45) is 0 Å². The number of hydrogen-bond donors (Lipinski definition) is 1. The van der Waals surface area contributed by atoms with Gasteiger partial charge in [-0.05, 0) is 25.0 Å². The Morgan fingerprint density at radius 2 is 2.10 bits per heavy atom. The van der Waals surface area contributed by atoms with Gasteiger partial charge in [-0.25, -0.2) is 0 Å². The summed E-state index contributed by atoms with van der Waals surface area (Å²) in [6.45, 7) is 4.33. The fraction of sp³-hybridized carbons (Fsp3) is 0.533. The molecule has 2 fully saturated rings. The van der Waals surface area contributed by atoms with Gasteiger partial charge in [0, 0.05) is 18.7 Å². The number of nitrogens with two attached hydrogens (primary N) is 1. The van der Waals surface area contributed by atoms with Gasteiger partial charge in [-0.3, -0.25) is 4.79 Å². The lowest BCUT2D eigenvalue weighted by atomic mass is 10.0. The molecule has 0 saturated carbocycles. The number of benzene rings is 1. The third-order valence-corrected chi connectivity index (χ3v) is 4.04. The summed E-state index contributed by atoms with van der Waals surface area (Å²) in [6, 6.07) is 5.54. The van der Waals surface area contributed by atoms with Crippen LogP contribution >= 0.6 is 0 Å². The number of aryl methyl sites for hydroxylation is 1. The highest BCUT2D eigenvalue weighted by Crippen LogP contribution is 2.31. The topological polar surface area (TPSA) is 64.8 Å². The number of carbonyl (C=O) groups excluding carboxylic acids is 1. The van der Waals surface area contributed by atoms with E-state index in [4.69, 9.17) is 15.2 Å². The number of carbonyl (C=O) groups is 1. The van der Waals surface area contributed by atoms with Crippen LogP contribution in [0, 0.1) is 6.92 Å². The molecule has 0 aromatic heterocycles. The van der Waals surface area contributed by atoms with Crippen LogP contribution < -0.4 is 5.73 Å². The molecule has 1 aromatic carbocycles. The minimum Gasteiger partial charge on any atom is -0.398 e. The Bertz CT molecular complexity index is 504.